The van der Waals surface area contributed by atoms with Gasteiger partial charge >= 0.3 is 13.8 Å². The number of ether oxygens (including phenoxy) is 2. The summed E-state index contributed by atoms with van der Waals surface area (Å²) in [5.74, 6) is -0.484. The fraction of sp³-hybridized carbons (Fsp3) is 0.884. The van der Waals surface area contributed by atoms with E-state index in [0.717, 1.165) is 64.2 Å². The monoisotopic (exact) mass is 821 g/mol. The Balaban J connectivity index is 2.39. The number of phosphoric acid groups is 1. The van der Waals surface area contributed by atoms with Crippen LogP contribution >= 0.6 is 7.82 Å². The maximum absolute atomic E-state index is 12.8. The van der Waals surface area contributed by atoms with Crippen LogP contribution in [-0.4, -0.2) is 98.9 Å². The van der Waals surface area contributed by atoms with Gasteiger partial charge < -0.3 is 39.9 Å². The molecule has 1 rings (SSSR count). The summed E-state index contributed by atoms with van der Waals surface area (Å²) in [5.41, 5.74) is 0. The van der Waals surface area contributed by atoms with Crippen LogP contribution in [0.2, 0.25) is 0 Å². The van der Waals surface area contributed by atoms with Crippen LogP contribution in [0.1, 0.15) is 181 Å². The molecule has 0 bridgehead atoms. The van der Waals surface area contributed by atoms with E-state index in [9.17, 15) is 39.8 Å². The van der Waals surface area contributed by atoms with E-state index in [0.29, 0.717) is 13.0 Å². The first-order valence-corrected chi connectivity index (χ1v) is 23.7. The van der Waals surface area contributed by atoms with Crippen molar-refractivity contribution in [2.24, 2.45) is 0 Å². The molecule has 0 heterocycles. The molecule has 1 aliphatic carbocycles. The van der Waals surface area contributed by atoms with Gasteiger partial charge in [0.15, 0.2) is 0 Å². The van der Waals surface area contributed by atoms with E-state index in [1.807, 2.05) is 0 Å². The number of hydrogen-bond donors (Lipinski definition) is 6. The second kappa shape index (κ2) is 34.7. The van der Waals surface area contributed by atoms with Gasteiger partial charge in [-0.25, -0.2) is 4.57 Å². The van der Waals surface area contributed by atoms with Gasteiger partial charge in [0, 0.05) is 13.0 Å². The largest absolute Gasteiger partial charge is 0.472 e. The summed E-state index contributed by atoms with van der Waals surface area (Å²) in [7, 11) is -5.01. The number of aliphatic hydroxyl groups is 5. The van der Waals surface area contributed by atoms with Crippen molar-refractivity contribution in [2.75, 3.05) is 19.8 Å². The number of carbonyl (C=O) groups is 1. The van der Waals surface area contributed by atoms with Gasteiger partial charge in [0.25, 0.3) is 0 Å². The molecule has 0 radical (unpaired) electrons. The van der Waals surface area contributed by atoms with E-state index in [1.54, 1.807) is 0 Å². The predicted molar refractivity (Wildman–Crippen MR) is 221 cm³/mol. The summed E-state index contributed by atoms with van der Waals surface area (Å²) in [6, 6.07) is 0. The van der Waals surface area contributed by atoms with Gasteiger partial charge in [0.2, 0.25) is 0 Å². The number of unbranched alkanes of at least 4 members (excludes halogenated alkanes) is 21. The zero-order chi connectivity index (χ0) is 41.3. The van der Waals surface area contributed by atoms with Crippen LogP contribution in [0.25, 0.3) is 0 Å². The highest BCUT2D eigenvalue weighted by atomic mass is 31.2. The highest BCUT2D eigenvalue weighted by molar-refractivity contribution is 7.47. The molecule has 0 saturated heterocycles. The van der Waals surface area contributed by atoms with Gasteiger partial charge in [0.1, 0.15) is 42.7 Å². The van der Waals surface area contributed by atoms with E-state index in [4.69, 9.17) is 18.5 Å². The molecule has 6 N–H and O–H groups in total. The zero-order valence-electron chi connectivity index (χ0n) is 34.9. The minimum absolute atomic E-state index is 0.0809. The van der Waals surface area contributed by atoms with Crippen LogP contribution in [-0.2, 0) is 27.9 Å². The Kier molecular flexibility index (Phi) is 32.7. The van der Waals surface area contributed by atoms with Crippen molar-refractivity contribution in [1.82, 2.24) is 0 Å². The maximum atomic E-state index is 12.8. The number of hydrogen-bond acceptors (Lipinski definition) is 11. The molecule has 1 fully saturated rings. The summed E-state index contributed by atoms with van der Waals surface area (Å²) >= 11 is 0. The van der Waals surface area contributed by atoms with E-state index in [1.165, 1.54) is 89.9 Å². The third-order valence-electron chi connectivity index (χ3n) is 10.3. The lowest BCUT2D eigenvalue weighted by molar-refractivity contribution is -0.220. The zero-order valence-corrected chi connectivity index (χ0v) is 35.8. The summed E-state index contributed by atoms with van der Waals surface area (Å²) < 4.78 is 34.1. The third kappa shape index (κ3) is 26.7. The van der Waals surface area contributed by atoms with Gasteiger partial charge in [-0.1, -0.05) is 141 Å². The number of phosphoric ester groups is 1. The fourth-order valence-electron chi connectivity index (χ4n) is 6.70. The number of carbonyl (C=O) groups excluding carboxylic acids is 1. The fourth-order valence-corrected chi connectivity index (χ4v) is 7.68. The van der Waals surface area contributed by atoms with Crippen molar-refractivity contribution in [1.29, 1.82) is 0 Å². The lowest BCUT2D eigenvalue weighted by Crippen LogP contribution is -2.64. The number of aliphatic hydroxyl groups excluding tert-OH is 5. The minimum atomic E-state index is -5.01. The molecule has 0 aromatic heterocycles. The molecular weight excluding hydrogens is 739 g/mol. The first-order valence-electron chi connectivity index (χ1n) is 22.2. The summed E-state index contributed by atoms with van der Waals surface area (Å²) in [6.45, 7) is 4.18. The van der Waals surface area contributed by atoms with Crippen molar-refractivity contribution < 1.29 is 58.3 Å². The van der Waals surface area contributed by atoms with E-state index < -0.39 is 63.1 Å². The van der Waals surface area contributed by atoms with Crippen molar-refractivity contribution in [3.63, 3.8) is 0 Å². The Bertz CT molecular complexity index is 1030. The minimum Gasteiger partial charge on any atom is -0.457 e. The summed E-state index contributed by atoms with van der Waals surface area (Å²) in [4.78, 5) is 23.1. The van der Waals surface area contributed by atoms with E-state index in [2.05, 4.69) is 38.2 Å². The van der Waals surface area contributed by atoms with Gasteiger partial charge in [0.05, 0.1) is 13.2 Å². The molecule has 330 valence electrons. The van der Waals surface area contributed by atoms with Crippen LogP contribution < -0.4 is 0 Å². The van der Waals surface area contributed by atoms with Crippen molar-refractivity contribution in [3.8, 4) is 0 Å². The Labute approximate surface area is 339 Å². The molecule has 0 spiro atoms. The molecule has 0 aromatic carbocycles. The maximum Gasteiger partial charge on any atom is 0.472 e. The van der Waals surface area contributed by atoms with Gasteiger partial charge in [-0.15, -0.1) is 0 Å². The van der Waals surface area contributed by atoms with Crippen molar-refractivity contribution in [2.45, 2.75) is 224 Å². The van der Waals surface area contributed by atoms with Crippen LogP contribution in [0, 0.1) is 0 Å². The average molecular weight is 821 g/mol. The first kappa shape index (κ1) is 52.8. The molecule has 6 atom stereocenters. The van der Waals surface area contributed by atoms with Crippen molar-refractivity contribution in [3.05, 3.63) is 24.3 Å². The molecular formula is C43H81O12P. The normalized spacial score (nSPS) is 23.2. The molecule has 13 heteroatoms. The Morgan fingerprint density at radius 1 is 0.554 bits per heavy atom. The molecule has 12 nitrogen and oxygen atoms in total. The molecule has 56 heavy (non-hydrogen) atoms. The first-order chi connectivity index (χ1) is 27.0. The average Bonchev–Trinajstić information content (AvgIpc) is 3.18. The van der Waals surface area contributed by atoms with Crippen LogP contribution in [0.4, 0.5) is 0 Å². The van der Waals surface area contributed by atoms with E-state index in [-0.39, 0.29) is 13.0 Å². The van der Waals surface area contributed by atoms with Crippen LogP contribution in [0.15, 0.2) is 24.3 Å². The summed E-state index contributed by atoms with van der Waals surface area (Å²) in [5, 5.41) is 50.1. The highest BCUT2D eigenvalue weighted by Gasteiger charge is 2.51. The SMILES string of the molecule is CCC/C=C\CCCCCCCCOCC(COP(=O)(O)OC1C(O)C(O)C(O)C(O)C1O)OC(=O)CCCCCCCCC/C=C\CCCCCCCCC. The molecule has 0 aliphatic heterocycles. The molecule has 6 unspecified atom stereocenters. The number of rotatable bonds is 37. The van der Waals surface area contributed by atoms with Gasteiger partial charge in [-0.3, -0.25) is 13.8 Å². The standard InChI is InChI=1S/C43H81O12P/c1-3-5-7-9-11-13-15-16-17-18-19-20-21-22-24-26-28-30-32-37(44)54-36(34-52-33-31-29-27-25-23-14-12-10-8-6-4-2)35-53-56(50,51)55-43-41(48)39(46)38(45)40(47)42(43)49/h8,10,17-18,36,38-43,45-49H,3-7,9,11-16,19-35H2,1-2H3,(H,50,51)/b10-8-,18-17-. The summed E-state index contributed by atoms with van der Waals surface area (Å²) in [6.07, 6.45) is 25.4. The van der Waals surface area contributed by atoms with Gasteiger partial charge in [-0.05, 0) is 57.8 Å². The lowest BCUT2D eigenvalue weighted by atomic mass is 9.85. The second-order valence-electron chi connectivity index (χ2n) is 15.5. The van der Waals surface area contributed by atoms with E-state index >= 15 is 0 Å². The smallest absolute Gasteiger partial charge is 0.457 e. The Hall–Kier alpha value is -1.18. The van der Waals surface area contributed by atoms with Gasteiger partial charge in [-0.2, -0.15) is 0 Å². The quantitative estimate of drug-likeness (QED) is 0.0152. The van der Waals surface area contributed by atoms with Crippen molar-refractivity contribution >= 4 is 13.8 Å². The molecule has 0 aromatic rings. The number of allylic oxidation sites excluding steroid dienone is 4. The number of esters is 1. The lowest BCUT2D eigenvalue weighted by Gasteiger charge is -2.41. The molecule has 1 saturated carbocycles. The van der Waals surface area contributed by atoms with Crippen LogP contribution in [0.3, 0.4) is 0 Å². The Morgan fingerprint density at radius 3 is 1.48 bits per heavy atom. The second-order valence-corrected chi connectivity index (χ2v) is 16.9. The Morgan fingerprint density at radius 2 is 0.982 bits per heavy atom. The topological polar surface area (TPSA) is 192 Å². The highest BCUT2D eigenvalue weighted by Crippen LogP contribution is 2.47. The molecule has 1 aliphatic rings. The third-order valence-corrected chi connectivity index (χ3v) is 11.3. The van der Waals surface area contributed by atoms with Crippen LogP contribution in [0.5, 0.6) is 0 Å². The molecule has 0 amide bonds. The predicted octanol–water partition coefficient (Wildman–Crippen LogP) is 8.53.